The molecule has 1 aromatic carbocycles. The minimum absolute atomic E-state index is 0.274. The molecule has 6 heteroatoms. The maximum atomic E-state index is 11.6. The molecule has 0 amide bonds. The van der Waals surface area contributed by atoms with Gasteiger partial charge in [-0.25, -0.2) is 9.48 Å². The third-order valence-electron chi connectivity index (χ3n) is 3.23. The van der Waals surface area contributed by atoms with Gasteiger partial charge in [0.25, 0.3) is 0 Å². The van der Waals surface area contributed by atoms with Crippen LogP contribution in [0.5, 0.6) is 0 Å². The lowest BCUT2D eigenvalue weighted by molar-refractivity contribution is 0.0694. The van der Waals surface area contributed by atoms with Crippen LogP contribution in [0.2, 0.25) is 10.0 Å². The van der Waals surface area contributed by atoms with Crippen molar-refractivity contribution in [1.29, 1.82) is 0 Å². The molecule has 0 bridgehead atoms. The van der Waals surface area contributed by atoms with Crippen LogP contribution >= 0.6 is 23.2 Å². The summed E-state index contributed by atoms with van der Waals surface area (Å²) in [5.41, 5.74) is 2.10. The molecule has 1 N–H and O–H groups in total. The zero-order valence-electron chi connectivity index (χ0n) is 11.9. The second-order valence-electron chi connectivity index (χ2n) is 4.68. The number of aromatic nitrogens is 2. The molecule has 4 nitrogen and oxygen atoms in total. The van der Waals surface area contributed by atoms with Crippen molar-refractivity contribution in [1.82, 2.24) is 9.78 Å². The molecule has 0 aliphatic rings. The van der Waals surface area contributed by atoms with Gasteiger partial charge in [-0.2, -0.15) is 5.10 Å². The number of rotatable bonds is 5. The highest BCUT2D eigenvalue weighted by Crippen LogP contribution is 2.28. The SMILES string of the molecule is CCCc1c(C(=O)O)c(CC)nn1-c1cc(Cl)ccc1Cl. The molecule has 2 aromatic rings. The van der Waals surface area contributed by atoms with Gasteiger partial charge in [-0.3, -0.25) is 0 Å². The maximum Gasteiger partial charge on any atom is 0.339 e. The van der Waals surface area contributed by atoms with Crippen LogP contribution < -0.4 is 0 Å². The molecule has 0 atom stereocenters. The van der Waals surface area contributed by atoms with Gasteiger partial charge in [0.2, 0.25) is 0 Å². The second-order valence-corrected chi connectivity index (χ2v) is 5.53. The molecule has 0 aliphatic heterocycles. The zero-order valence-corrected chi connectivity index (χ0v) is 13.4. The first kappa shape index (κ1) is 15.9. The summed E-state index contributed by atoms with van der Waals surface area (Å²) in [5.74, 6) is -0.959. The van der Waals surface area contributed by atoms with Gasteiger partial charge in [-0.15, -0.1) is 0 Å². The Morgan fingerprint density at radius 2 is 2.05 bits per heavy atom. The van der Waals surface area contributed by atoms with E-state index < -0.39 is 5.97 Å². The van der Waals surface area contributed by atoms with E-state index in [4.69, 9.17) is 23.2 Å². The average Bonchev–Trinajstić information content (AvgIpc) is 2.80. The highest BCUT2D eigenvalue weighted by molar-refractivity contribution is 6.34. The summed E-state index contributed by atoms with van der Waals surface area (Å²) in [6, 6.07) is 5.07. The van der Waals surface area contributed by atoms with Crippen molar-refractivity contribution in [2.75, 3.05) is 0 Å². The fraction of sp³-hybridized carbons (Fsp3) is 0.333. The summed E-state index contributed by atoms with van der Waals surface area (Å²) in [4.78, 5) is 11.6. The predicted molar refractivity (Wildman–Crippen MR) is 83.9 cm³/mol. The van der Waals surface area contributed by atoms with Gasteiger partial charge in [-0.05, 0) is 31.0 Å². The Labute approximate surface area is 133 Å². The van der Waals surface area contributed by atoms with E-state index in [0.717, 1.165) is 6.42 Å². The van der Waals surface area contributed by atoms with Gasteiger partial charge in [-0.1, -0.05) is 43.5 Å². The second kappa shape index (κ2) is 6.50. The molecular formula is C15H16Cl2N2O2. The molecular weight excluding hydrogens is 311 g/mol. The van der Waals surface area contributed by atoms with E-state index in [0.29, 0.717) is 40.0 Å². The van der Waals surface area contributed by atoms with E-state index in [9.17, 15) is 9.90 Å². The van der Waals surface area contributed by atoms with Crippen LogP contribution in [0.4, 0.5) is 0 Å². The Bertz CT molecular complexity index is 681. The number of hydrogen-bond acceptors (Lipinski definition) is 2. The number of halogens is 2. The summed E-state index contributed by atoms with van der Waals surface area (Å²) < 4.78 is 1.61. The van der Waals surface area contributed by atoms with Crippen molar-refractivity contribution in [3.8, 4) is 5.69 Å². The van der Waals surface area contributed by atoms with Gasteiger partial charge < -0.3 is 5.11 Å². The van der Waals surface area contributed by atoms with Gasteiger partial charge in [0, 0.05) is 5.02 Å². The van der Waals surface area contributed by atoms with Gasteiger partial charge in [0.15, 0.2) is 0 Å². The van der Waals surface area contributed by atoms with Crippen molar-refractivity contribution < 1.29 is 9.90 Å². The quantitative estimate of drug-likeness (QED) is 0.886. The number of carbonyl (C=O) groups is 1. The van der Waals surface area contributed by atoms with E-state index in [1.807, 2.05) is 13.8 Å². The number of carboxylic acids is 1. The summed E-state index contributed by atoms with van der Waals surface area (Å²) in [7, 11) is 0. The summed E-state index contributed by atoms with van der Waals surface area (Å²) in [6.07, 6.45) is 1.97. The van der Waals surface area contributed by atoms with E-state index in [1.165, 1.54) is 0 Å². The van der Waals surface area contributed by atoms with Crippen LogP contribution in [-0.4, -0.2) is 20.9 Å². The van der Waals surface area contributed by atoms with Crippen molar-refractivity contribution in [3.05, 3.63) is 45.2 Å². The predicted octanol–water partition coefficient (Wildman–Crippen LogP) is 4.39. The number of aromatic carboxylic acids is 1. The minimum Gasteiger partial charge on any atom is -0.478 e. The largest absolute Gasteiger partial charge is 0.478 e. The molecule has 0 saturated heterocycles. The van der Waals surface area contributed by atoms with Gasteiger partial charge in [0.05, 0.1) is 22.1 Å². The number of benzene rings is 1. The molecule has 2 rings (SSSR count). The van der Waals surface area contributed by atoms with E-state index in [-0.39, 0.29) is 5.56 Å². The Hall–Kier alpha value is -1.52. The Kier molecular flexibility index (Phi) is 4.91. The third kappa shape index (κ3) is 3.06. The highest BCUT2D eigenvalue weighted by Gasteiger charge is 2.23. The third-order valence-corrected chi connectivity index (χ3v) is 3.78. The maximum absolute atomic E-state index is 11.6. The average molecular weight is 327 g/mol. The van der Waals surface area contributed by atoms with E-state index in [1.54, 1.807) is 22.9 Å². The summed E-state index contributed by atoms with van der Waals surface area (Å²) in [5, 5.41) is 14.9. The van der Waals surface area contributed by atoms with Crippen molar-refractivity contribution >= 4 is 29.2 Å². The van der Waals surface area contributed by atoms with Crippen LogP contribution in [0.3, 0.4) is 0 Å². The smallest absolute Gasteiger partial charge is 0.339 e. The highest BCUT2D eigenvalue weighted by atomic mass is 35.5. The van der Waals surface area contributed by atoms with E-state index >= 15 is 0 Å². The Morgan fingerprint density at radius 1 is 1.33 bits per heavy atom. The lowest BCUT2D eigenvalue weighted by Gasteiger charge is -2.09. The van der Waals surface area contributed by atoms with Gasteiger partial charge >= 0.3 is 5.97 Å². The van der Waals surface area contributed by atoms with Crippen molar-refractivity contribution in [2.45, 2.75) is 33.1 Å². The number of nitrogens with zero attached hydrogens (tertiary/aromatic N) is 2. The van der Waals surface area contributed by atoms with Crippen LogP contribution in [0.25, 0.3) is 5.69 Å². The molecule has 1 aromatic heterocycles. The molecule has 0 fully saturated rings. The zero-order chi connectivity index (χ0) is 15.6. The Morgan fingerprint density at radius 3 is 2.62 bits per heavy atom. The normalized spacial score (nSPS) is 10.9. The van der Waals surface area contributed by atoms with Crippen molar-refractivity contribution in [3.63, 3.8) is 0 Å². The lowest BCUT2D eigenvalue weighted by Crippen LogP contribution is -2.07. The topological polar surface area (TPSA) is 55.1 Å². The molecule has 0 unspecified atom stereocenters. The number of hydrogen-bond donors (Lipinski definition) is 1. The standard InChI is InChI=1S/C15H16Cl2N2O2/c1-3-5-12-14(15(20)21)11(4-2)18-19(12)13-8-9(16)6-7-10(13)17/h6-8H,3-5H2,1-2H3,(H,20,21). The molecule has 0 spiro atoms. The Balaban J connectivity index is 2.73. The van der Waals surface area contributed by atoms with Gasteiger partial charge in [0.1, 0.15) is 5.56 Å². The summed E-state index contributed by atoms with van der Waals surface area (Å²) >= 11 is 12.2. The first-order chi connectivity index (χ1) is 9.99. The molecule has 1 heterocycles. The fourth-order valence-electron chi connectivity index (χ4n) is 2.31. The number of carboxylic acid groups (broad SMARTS) is 1. The fourth-order valence-corrected chi connectivity index (χ4v) is 2.68. The van der Waals surface area contributed by atoms with Crippen LogP contribution in [-0.2, 0) is 12.8 Å². The molecule has 112 valence electrons. The van der Waals surface area contributed by atoms with E-state index in [2.05, 4.69) is 5.10 Å². The molecule has 21 heavy (non-hydrogen) atoms. The molecule has 0 aliphatic carbocycles. The minimum atomic E-state index is -0.959. The lowest BCUT2D eigenvalue weighted by atomic mass is 10.1. The first-order valence-corrected chi connectivity index (χ1v) is 7.54. The molecule has 0 saturated carbocycles. The first-order valence-electron chi connectivity index (χ1n) is 6.79. The van der Waals surface area contributed by atoms with Crippen LogP contribution in [0, 0.1) is 0 Å². The van der Waals surface area contributed by atoms with Crippen LogP contribution in [0.15, 0.2) is 18.2 Å². The monoisotopic (exact) mass is 326 g/mol. The van der Waals surface area contributed by atoms with Crippen LogP contribution in [0.1, 0.15) is 42.0 Å². The molecule has 0 radical (unpaired) electrons. The number of aryl methyl sites for hydroxylation is 1. The van der Waals surface area contributed by atoms with Crippen molar-refractivity contribution in [2.24, 2.45) is 0 Å². The summed E-state index contributed by atoms with van der Waals surface area (Å²) in [6.45, 7) is 3.88.